The lowest BCUT2D eigenvalue weighted by Gasteiger charge is -2.34. The van der Waals surface area contributed by atoms with E-state index in [9.17, 15) is 18.4 Å². The Morgan fingerprint density at radius 3 is 2.63 bits per heavy atom. The van der Waals surface area contributed by atoms with E-state index in [0.29, 0.717) is 23.4 Å². The lowest BCUT2D eigenvalue weighted by Crippen LogP contribution is -2.45. The number of hydrogen-bond acceptors (Lipinski definition) is 6. The largest absolute Gasteiger partial charge is 0.444 e. The number of fused-ring (bicyclic) bond motifs is 3. The first-order valence-electron chi connectivity index (χ1n) is 9.74. The number of rotatable bonds is 4. The Hall–Kier alpha value is -2.56. The molecule has 0 unspecified atom stereocenters. The highest BCUT2D eigenvalue weighted by molar-refractivity contribution is 5.98. The zero-order valence-electron chi connectivity index (χ0n) is 17.8. The van der Waals surface area contributed by atoms with Gasteiger partial charge in [0, 0.05) is 25.1 Å². The number of carbonyl (C=O) groups excluding carboxylic acids is 2. The van der Waals surface area contributed by atoms with Gasteiger partial charge < -0.3 is 14.4 Å². The normalized spacial score (nSPS) is 19.4. The summed E-state index contributed by atoms with van der Waals surface area (Å²) in [5.74, 6) is -0.383. The van der Waals surface area contributed by atoms with Crippen molar-refractivity contribution in [3.8, 4) is 0 Å². The van der Waals surface area contributed by atoms with Crippen molar-refractivity contribution in [3.05, 3.63) is 17.0 Å². The van der Waals surface area contributed by atoms with Crippen molar-refractivity contribution >= 4 is 17.7 Å². The van der Waals surface area contributed by atoms with Crippen LogP contribution in [0.5, 0.6) is 0 Å². The van der Waals surface area contributed by atoms with Crippen molar-refractivity contribution in [2.75, 3.05) is 20.3 Å². The van der Waals surface area contributed by atoms with Gasteiger partial charge in [0.05, 0.1) is 31.1 Å². The van der Waals surface area contributed by atoms with Gasteiger partial charge in [0.2, 0.25) is 0 Å². The summed E-state index contributed by atoms with van der Waals surface area (Å²) in [5, 5.41) is 9.88. The van der Waals surface area contributed by atoms with Crippen molar-refractivity contribution in [3.63, 3.8) is 0 Å². The zero-order chi connectivity index (χ0) is 22.2. The third kappa shape index (κ3) is 4.77. The molecule has 166 valence electrons. The van der Waals surface area contributed by atoms with Crippen LogP contribution < -0.4 is 0 Å². The highest BCUT2D eigenvalue weighted by Gasteiger charge is 2.37. The SMILES string of the molecule is C[C@@H]1Cc2nn3c(c2CN1C(=O)OC(C)(C)C)C(=O)N(C)N=C(COCC(F)F)C3. The fourth-order valence-electron chi connectivity index (χ4n) is 3.47. The van der Waals surface area contributed by atoms with Gasteiger partial charge in [-0.2, -0.15) is 10.2 Å². The monoisotopic (exact) mass is 427 g/mol. The van der Waals surface area contributed by atoms with Crippen LogP contribution in [-0.4, -0.2) is 75.7 Å². The Kier molecular flexibility index (Phi) is 6.11. The van der Waals surface area contributed by atoms with Crippen molar-refractivity contribution in [2.45, 2.75) is 65.3 Å². The summed E-state index contributed by atoms with van der Waals surface area (Å²) in [5.41, 5.74) is 1.49. The van der Waals surface area contributed by atoms with Crippen LogP contribution in [0, 0.1) is 0 Å². The van der Waals surface area contributed by atoms with Gasteiger partial charge in [0.25, 0.3) is 12.3 Å². The van der Waals surface area contributed by atoms with Crippen LogP contribution in [-0.2, 0) is 29.0 Å². The van der Waals surface area contributed by atoms with Gasteiger partial charge in [-0.3, -0.25) is 9.48 Å². The maximum absolute atomic E-state index is 12.9. The Labute approximate surface area is 173 Å². The fraction of sp³-hybridized carbons (Fsp3) is 0.684. The number of amides is 2. The number of hydrazone groups is 1. The van der Waals surface area contributed by atoms with Crippen LogP contribution in [0.25, 0.3) is 0 Å². The zero-order valence-corrected chi connectivity index (χ0v) is 17.8. The molecule has 1 aromatic rings. The first kappa shape index (κ1) is 22.1. The topological polar surface area (TPSA) is 89.3 Å². The molecule has 1 atom stereocenters. The summed E-state index contributed by atoms with van der Waals surface area (Å²) in [6, 6.07) is -0.151. The number of nitrogens with zero attached hydrogens (tertiary/aromatic N) is 5. The predicted molar refractivity (Wildman–Crippen MR) is 104 cm³/mol. The molecule has 1 aromatic heterocycles. The molecule has 0 spiro atoms. The minimum Gasteiger partial charge on any atom is -0.444 e. The standard InChI is InChI=1S/C19H27F2N5O4/c1-11-6-14-13(8-25(11)18(28)30-19(2,3)4)16-17(27)24(5)22-12(7-26(16)23-14)9-29-10-15(20)21/h11,15H,6-10H2,1-5H3/t11-/m1/s1. The highest BCUT2D eigenvalue weighted by Crippen LogP contribution is 2.29. The van der Waals surface area contributed by atoms with Gasteiger partial charge in [0.1, 0.15) is 17.9 Å². The Balaban J connectivity index is 1.86. The first-order chi connectivity index (χ1) is 14.0. The van der Waals surface area contributed by atoms with Gasteiger partial charge in [-0.05, 0) is 27.7 Å². The summed E-state index contributed by atoms with van der Waals surface area (Å²) in [6.07, 6.45) is -2.56. The maximum atomic E-state index is 12.9. The highest BCUT2D eigenvalue weighted by atomic mass is 19.3. The van der Waals surface area contributed by atoms with Crippen molar-refractivity contribution in [1.29, 1.82) is 0 Å². The van der Waals surface area contributed by atoms with Crippen LogP contribution >= 0.6 is 0 Å². The molecule has 3 heterocycles. The van der Waals surface area contributed by atoms with E-state index in [-0.39, 0.29) is 31.6 Å². The van der Waals surface area contributed by atoms with Crippen LogP contribution in [0.4, 0.5) is 13.6 Å². The molecule has 0 fully saturated rings. The van der Waals surface area contributed by atoms with E-state index in [2.05, 4.69) is 10.2 Å². The quantitative estimate of drug-likeness (QED) is 0.736. The Morgan fingerprint density at radius 2 is 2.00 bits per heavy atom. The molecule has 11 heteroatoms. The molecule has 0 bridgehead atoms. The number of carbonyl (C=O) groups is 2. The van der Waals surface area contributed by atoms with Gasteiger partial charge in [-0.1, -0.05) is 0 Å². The fourth-order valence-corrected chi connectivity index (χ4v) is 3.47. The van der Waals surface area contributed by atoms with Gasteiger partial charge in [-0.25, -0.2) is 18.6 Å². The Morgan fingerprint density at radius 1 is 1.30 bits per heavy atom. The predicted octanol–water partition coefficient (Wildman–Crippen LogP) is 2.29. The molecule has 9 nitrogen and oxygen atoms in total. The molecule has 0 aromatic carbocycles. The van der Waals surface area contributed by atoms with Gasteiger partial charge in [-0.15, -0.1) is 0 Å². The van der Waals surface area contributed by atoms with Gasteiger partial charge >= 0.3 is 6.09 Å². The third-order valence-electron chi connectivity index (χ3n) is 4.74. The molecule has 0 saturated heterocycles. The van der Waals surface area contributed by atoms with Crippen molar-refractivity contribution in [2.24, 2.45) is 5.10 Å². The van der Waals surface area contributed by atoms with E-state index in [4.69, 9.17) is 9.47 Å². The maximum Gasteiger partial charge on any atom is 0.410 e. The van der Waals surface area contributed by atoms with Crippen LogP contribution in [0.1, 0.15) is 49.4 Å². The summed E-state index contributed by atoms with van der Waals surface area (Å²) >= 11 is 0. The van der Waals surface area contributed by atoms with Crippen LogP contribution in [0.2, 0.25) is 0 Å². The molecule has 2 aliphatic rings. The molecule has 3 rings (SSSR count). The average molecular weight is 427 g/mol. The minimum atomic E-state index is -2.58. The number of halogens is 2. The smallest absolute Gasteiger partial charge is 0.410 e. The number of hydrogen-bond donors (Lipinski definition) is 0. The van der Waals surface area contributed by atoms with E-state index in [1.54, 1.807) is 25.7 Å². The molecule has 2 aliphatic heterocycles. The minimum absolute atomic E-state index is 0.133. The number of ether oxygens (including phenoxy) is 2. The van der Waals surface area contributed by atoms with Crippen LogP contribution in [0.3, 0.4) is 0 Å². The second kappa shape index (κ2) is 8.29. The van der Waals surface area contributed by atoms with Crippen molar-refractivity contribution in [1.82, 2.24) is 19.7 Å². The van der Waals surface area contributed by atoms with E-state index in [1.165, 1.54) is 11.7 Å². The van der Waals surface area contributed by atoms with E-state index in [1.807, 2.05) is 6.92 Å². The third-order valence-corrected chi connectivity index (χ3v) is 4.74. The van der Waals surface area contributed by atoms with E-state index in [0.717, 1.165) is 10.7 Å². The Bertz CT molecular complexity index is 862. The van der Waals surface area contributed by atoms with Gasteiger partial charge in [0.15, 0.2) is 0 Å². The van der Waals surface area contributed by atoms with E-state index >= 15 is 0 Å². The average Bonchev–Trinajstić information content (AvgIpc) is 2.89. The second-order valence-electron chi connectivity index (χ2n) is 8.49. The molecule has 0 aliphatic carbocycles. The van der Waals surface area contributed by atoms with Crippen LogP contribution in [0.15, 0.2) is 5.10 Å². The van der Waals surface area contributed by atoms with Crippen molar-refractivity contribution < 1.29 is 27.8 Å². The molecule has 30 heavy (non-hydrogen) atoms. The summed E-state index contributed by atoms with van der Waals surface area (Å²) in [6.45, 7) is 6.78. The van der Waals surface area contributed by atoms with E-state index < -0.39 is 24.7 Å². The molecule has 0 N–H and O–H groups in total. The number of aromatic nitrogens is 2. The molecular weight excluding hydrogens is 400 g/mol. The summed E-state index contributed by atoms with van der Waals surface area (Å²) in [7, 11) is 1.49. The lowest BCUT2D eigenvalue weighted by molar-refractivity contribution is 0.0136. The molecular formula is C19H27F2N5O4. The summed E-state index contributed by atoms with van der Waals surface area (Å²) < 4.78 is 36.7. The number of alkyl halides is 2. The molecule has 0 radical (unpaired) electrons. The second-order valence-corrected chi connectivity index (χ2v) is 8.49. The summed E-state index contributed by atoms with van der Waals surface area (Å²) in [4.78, 5) is 27.2. The lowest BCUT2D eigenvalue weighted by atomic mass is 9.99. The molecule has 0 saturated carbocycles. The molecule has 2 amide bonds. The first-order valence-corrected chi connectivity index (χ1v) is 9.74.